The highest BCUT2D eigenvalue weighted by atomic mass is 16.5. The van der Waals surface area contributed by atoms with Crippen LogP contribution in [0, 0.1) is 0 Å². The van der Waals surface area contributed by atoms with Gasteiger partial charge in [-0.1, -0.05) is 36.9 Å². The second-order valence-electron chi connectivity index (χ2n) is 4.18. The Kier molecular flexibility index (Phi) is 4.11. The van der Waals surface area contributed by atoms with E-state index in [9.17, 15) is 9.59 Å². The topological polar surface area (TPSA) is 43.4 Å². The van der Waals surface area contributed by atoms with Gasteiger partial charge in [-0.15, -0.1) is 0 Å². The summed E-state index contributed by atoms with van der Waals surface area (Å²) in [6, 6.07) is 13.7. The van der Waals surface area contributed by atoms with Crippen molar-refractivity contribution < 1.29 is 14.3 Å². The molecule has 0 aliphatic rings. The van der Waals surface area contributed by atoms with Gasteiger partial charge in [0.25, 0.3) is 0 Å². The highest BCUT2D eigenvalue weighted by Crippen LogP contribution is 2.21. The maximum atomic E-state index is 12.5. The van der Waals surface area contributed by atoms with Crippen molar-refractivity contribution in [3.8, 4) is 5.75 Å². The second kappa shape index (κ2) is 5.97. The Morgan fingerprint density at radius 3 is 2.35 bits per heavy atom. The molecule has 0 saturated carbocycles. The van der Waals surface area contributed by atoms with E-state index in [1.54, 1.807) is 42.5 Å². The van der Waals surface area contributed by atoms with E-state index in [2.05, 4.69) is 6.58 Å². The Morgan fingerprint density at radius 2 is 1.75 bits per heavy atom. The molecule has 100 valence electrons. The van der Waals surface area contributed by atoms with Crippen LogP contribution in [0.15, 0.2) is 61.2 Å². The minimum atomic E-state index is -0.303. The maximum Gasteiger partial charge on any atom is 0.193 e. The Balaban J connectivity index is 2.53. The lowest BCUT2D eigenvalue weighted by atomic mass is 9.96. The van der Waals surface area contributed by atoms with Crippen LogP contribution in [0.1, 0.15) is 26.3 Å². The molecule has 2 aromatic rings. The molecule has 0 aliphatic carbocycles. The molecule has 0 radical (unpaired) electrons. The molecule has 20 heavy (non-hydrogen) atoms. The van der Waals surface area contributed by atoms with Crippen LogP contribution in [-0.4, -0.2) is 18.7 Å². The van der Waals surface area contributed by atoms with Crippen molar-refractivity contribution in [1.29, 1.82) is 0 Å². The summed E-state index contributed by atoms with van der Waals surface area (Å²) in [6.07, 6.45) is 1.19. The third kappa shape index (κ3) is 2.67. The van der Waals surface area contributed by atoms with Gasteiger partial charge in [0, 0.05) is 16.7 Å². The lowest BCUT2D eigenvalue weighted by molar-refractivity contribution is 0.101. The van der Waals surface area contributed by atoms with Crippen LogP contribution >= 0.6 is 0 Å². The number of carbonyl (C=O) groups is 2. The molecule has 0 atom stereocenters. The second-order valence-corrected chi connectivity index (χ2v) is 4.18. The summed E-state index contributed by atoms with van der Waals surface area (Å²) >= 11 is 0. The molecule has 0 unspecified atom stereocenters. The first kappa shape index (κ1) is 13.7. The molecule has 0 fully saturated rings. The summed E-state index contributed by atoms with van der Waals surface area (Å²) in [5.41, 5.74) is 1.19. The summed E-state index contributed by atoms with van der Waals surface area (Å²) in [7, 11) is 1.51. The number of ether oxygens (including phenoxy) is 1. The Morgan fingerprint density at radius 1 is 1.05 bits per heavy atom. The fraction of sp³-hybridized carbons (Fsp3) is 0.0588. The van der Waals surface area contributed by atoms with Crippen LogP contribution < -0.4 is 4.74 Å². The standard InChI is InChI=1S/C17H14O3/c1-3-16(18)15-11-13(20-2)9-10-14(15)17(19)12-7-5-4-6-8-12/h3-11H,1H2,2H3. The van der Waals surface area contributed by atoms with Crippen LogP contribution in [0.2, 0.25) is 0 Å². The first-order valence-electron chi connectivity index (χ1n) is 6.12. The quantitative estimate of drug-likeness (QED) is 0.616. The van der Waals surface area contributed by atoms with Gasteiger partial charge in [-0.25, -0.2) is 0 Å². The number of hydrogen-bond acceptors (Lipinski definition) is 3. The van der Waals surface area contributed by atoms with Crippen molar-refractivity contribution in [2.45, 2.75) is 0 Å². The van der Waals surface area contributed by atoms with Crippen LogP contribution in [0.3, 0.4) is 0 Å². The molecule has 0 heterocycles. The van der Waals surface area contributed by atoms with Gasteiger partial charge in [0.1, 0.15) is 5.75 Å². The van der Waals surface area contributed by atoms with E-state index in [0.717, 1.165) is 0 Å². The van der Waals surface area contributed by atoms with Crippen LogP contribution in [0.5, 0.6) is 5.75 Å². The molecular weight excluding hydrogens is 252 g/mol. The fourth-order valence-electron chi connectivity index (χ4n) is 1.91. The van der Waals surface area contributed by atoms with E-state index in [1.165, 1.54) is 13.2 Å². The van der Waals surface area contributed by atoms with Gasteiger partial charge in [0.05, 0.1) is 7.11 Å². The van der Waals surface area contributed by atoms with Crippen molar-refractivity contribution >= 4 is 11.6 Å². The number of benzene rings is 2. The number of ketones is 2. The lowest BCUT2D eigenvalue weighted by Crippen LogP contribution is -2.09. The third-order valence-corrected chi connectivity index (χ3v) is 2.96. The third-order valence-electron chi connectivity index (χ3n) is 2.96. The molecule has 0 N–H and O–H groups in total. The molecule has 0 spiro atoms. The predicted octanol–water partition coefficient (Wildman–Crippen LogP) is 3.29. The number of carbonyl (C=O) groups excluding carboxylic acids is 2. The van der Waals surface area contributed by atoms with Crippen molar-refractivity contribution in [3.05, 3.63) is 77.9 Å². The highest BCUT2D eigenvalue weighted by Gasteiger charge is 2.17. The molecule has 0 aliphatic heterocycles. The minimum absolute atomic E-state index is 0.196. The van der Waals surface area contributed by atoms with Gasteiger partial charge in [-0.3, -0.25) is 9.59 Å². The maximum absolute atomic E-state index is 12.5. The highest BCUT2D eigenvalue weighted by molar-refractivity contribution is 6.18. The Hall–Kier alpha value is -2.68. The molecule has 0 saturated heterocycles. The number of rotatable bonds is 5. The largest absolute Gasteiger partial charge is 0.497 e. The SMILES string of the molecule is C=CC(=O)c1cc(OC)ccc1C(=O)c1ccccc1. The first-order valence-corrected chi connectivity index (χ1v) is 6.12. The summed E-state index contributed by atoms with van der Waals surface area (Å²) in [5.74, 6) is 0.0291. The molecular formula is C17H14O3. The zero-order valence-corrected chi connectivity index (χ0v) is 11.1. The van der Waals surface area contributed by atoms with E-state index in [4.69, 9.17) is 4.74 Å². The van der Waals surface area contributed by atoms with E-state index in [-0.39, 0.29) is 11.6 Å². The van der Waals surface area contributed by atoms with Crippen molar-refractivity contribution in [2.75, 3.05) is 7.11 Å². The van der Waals surface area contributed by atoms with Gasteiger partial charge in [-0.05, 0) is 24.3 Å². The van der Waals surface area contributed by atoms with Crippen LogP contribution in [-0.2, 0) is 0 Å². The van der Waals surface area contributed by atoms with Gasteiger partial charge in [0.15, 0.2) is 11.6 Å². The number of allylic oxidation sites excluding steroid dienone is 1. The normalized spacial score (nSPS) is 9.85. The van der Waals surface area contributed by atoms with E-state index < -0.39 is 0 Å². The number of hydrogen-bond donors (Lipinski definition) is 0. The zero-order chi connectivity index (χ0) is 14.5. The molecule has 2 aromatic carbocycles. The van der Waals surface area contributed by atoms with Gasteiger partial charge >= 0.3 is 0 Å². The summed E-state index contributed by atoms with van der Waals surface area (Å²) in [4.78, 5) is 24.4. The van der Waals surface area contributed by atoms with Crippen LogP contribution in [0.25, 0.3) is 0 Å². The van der Waals surface area contributed by atoms with Crippen LogP contribution in [0.4, 0.5) is 0 Å². The van der Waals surface area contributed by atoms with Crippen molar-refractivity contribution in [3.63, 3.8) is 0 Å². The average molecular weight is 266 g/mol. The molecule has 3 heteroatoms. The molecule has 0 aromatic heterocycles. The molecule has 0 bridgehead atoms. The van der Waals surface area contributed by atoms with E-state index in [0.29, 0.717) is 22.4 Å². The average Bonchev–Trinajstić information content (AvgIpc) is 2.53. The summed E-state index contributed by atoms with van der Waals surface area (Å²) in [5, 5.41) is 0. The summed E-state index contributed by atoms with van der Waals surface area (Å²) in [6.45, 7) is 3.46. The molecule has 0 amide bonds. The fourth-order valence-corrected chi connectivity index (χ4v) is 1.91. The molecule has 3 nitrogen and oxygen atoms in total. The van der Waals surface area contributed by atoms with Gasteiger partial charge in [-0.2, -0.15) is 0 Å². The molecule has 2 rings (SSSR count). The lowest BCUT2D eigenvalue weighted by Gasteiger charge is -2.08. The smallest absolute Gasteiger partial charge is 0.193 e. The van der Waals surface area contributed by atoms with Gasteiger partial charge in [0.2, 0.25) is 0 Å². The van der Waals surface area contributed by atoms with E-state index in [1.807, 2.05) is 6.07 Å². The summed E-state index contributed by atoms with van der Waals surface area (Å²) < 4.78 is 5.09. The van der Waals surface area contributed by atoms with Crippen molar-refractivity contribution in [1.82, 2.24) is 0 Å². The monoisotopic (exact) mass is 266 g/mol. The van der Waals surface area contributed by atoms with Gasteiger partial charge < -0.3 is 4.74 Å². The van der Waals surface area contributed by atoms with E-state index >= 15 is 0 Å². The number of methoxy groups -OCH3 is 1. The van der Waals surface area contributed by atoms with Crippen molar-refractivity contribution in [2.24, 2.45) is 0 Å². The Bertz CT molecular complexity index is 657. The Labute approximate surface area is 117 Å². The predicted molar refractivity (Wildman–Crippen MR) is 77.4 cm³/mol. The zero-order valence-electron chi connectivity index (χ0n) is 11.1. The minimum Gasteiger partial charge on any atom is -0.497 e. The first-order chi connectivity index (χ1) is 9.67.